The van der Waals surface area contributed by atoms with Gasteiger partial charge in [-0.05, 0) is 18.6 Å². The van der Waals surface area contributed by atoms with E-state index in [4.69, 9.17) is 17.3 Å². The predicted molar refractivity (Wildman–Crippen MR) is 70.3 cm³/mol. The Hall–Kier alpha value is -1.99. The van der Waals surface area contributed by atoms with Gasteiger partial charge in [0.25, 0.3) is 5.69 Å². The fourth-order valence-corrected chi connectivity index (χ4v) is 2.01. The van der Waals surface area contributed by atoms with E-state index in [9.17, 15) is 10.1 Å². The zero-order chi connectivity index (χ0) is 14.0. The standard InChI is InChI=1S/C11H12ClN5O2/c1-2-10-9(6-13)14-15-16(10)7-3-4-8(12)11(5-7)17(18)19/h3-5H,2,6,13H2,1H3. The lowest BCUT2D eigenvalue weighted by Crippen LogP contribution is -2.05. The summed E-state index contributed by atoms with van der Waals surface area (Å²) in [6, 6.07) is 4.50. The third-order valence-electron chi connectivity index (χ3n) is 2.74. The normalized spacial score (nSPS) is 10.7. The molecule has 7 nitrogen and oxygen atoms in total. The van der Waals surface area contributed by atoms with Crippen LogP contribution in [0.4, 0.5) is 5.69 Å². The smallest absolute Gasteiger partial charge is 0.290 e. The molecular weight excluding hydrogens is 270 g/mol. The summed E-state index contributed by atoms with van der Waals surface area (Å²) in [5, 5.41) is 18.9. The zero-order valence-corrected chi connectivity index (χ0v) is 11.0. The summed E-state index contributed by atoms with van der Waals surface area (Å²) in [6.07, 6.45) is 0.677. The molecule has 0 bridgehead atoms. The van der Waals surface area contributed by atoms with Gasteiger partial charge in [0.1, 0.15) is 5.02 Å². The minimum Gasteiger partial charge on any atom is -0.325 e. The Bertz CT molecular complexity index is 626. The second-order valence-electron chi connectivity index (χ2n) is 3.85. The molecule has 0 aliphatic heterocycles. The topological polar surface area (TPSA) is 99.9 Å². The first kappa shape index (κ1) is 13.4. The van der Waals surface area contributed by atoms with Gasteiger partial charge in [0.05, 0.1) is 22.0 Å². The SMILES string of the molecule is CCc1c(CN)nnn1-c1ccc(Cl)c([N+](=O)[O-])c1. The second-order valence-corrected chi connectivity index (χ2v) is 4.25. The average molecular weight is 282 g/mol. The molecule has 0 radical (unpaired) electrons. The van der Waals surface area contributed by atoms with E-state index < -0.39 is 4.92 Å². The average Bonchev–Trinajstić information content (AvgIpc) is 2.81. The Morgan fingerprint density at radius 1 is 1.53 bits per heavy atom. The number of nitrogens with zero attached hydrogens (tertiary/aromatic N) is 4. The molecule has 0 aliphatic rings. The van der Waals surface area contributed by atoms with Gasteiger partial charge < -0.3 is 5.73 Å². The van der Waals surface area contributed by atoms with Crippen molar-refractivity contribution >= 4 is 17.3 Å². The number of hydrogen-bond donors (Lipinski definition) is 1. The van der Waals surface area contributed by atoms with Crippen LogP contribution in [0.25, 0.3) is 5.69 Å². The maximum absolute atomic E-state index is 10.9. The molecule has 19 heavy (non-hydrogen) atoms. The maximum Gasteiger partial charge on any atom is 0.290 e. The summed E-state index contributed by atoms with van der Waals surface area (Å²) in [7, 11) is 0. The minimum absolute atomic E-state index is 0.0889. The molecule has 1 aromatic heterocycles. The molecule has 0 unspecified atom stereocenters. The highest BCUT2D eigenvalue weighted by atomic mass is 35.5. The molecule has 2 N–H and O–H groups in total. The molecule has 0 amide bonds. The predicted octanol–water partition coefficient (Wildman–Crippen LogP) is 1.85. The monoisotopic (exact) mass is 281 g/mol. The molecule has 0 atom stereocenters. The number of benzene rings is 1. The van der Waals surface area contributed by atoms with Crippen molar-refractivity contribution in [1.82, 2.24) is 15.0 Å². The van der Waals surface area contributed by atoms with Gasteiger partial charge in [0.2, 0.25) is 0 Å². The largest absolute Gasteiger partial charge is 0.325 e. The summed E-state index contributed by atoms with van der Waals surface area (Å²) >= 11 is 5.78. The number of nitro groups is 1. The van der Waals surface area contributed by atoms with Crippen LogP contribution in [-0.4, -0.2) is 19.9 Å². The van der Waals surface area contributed by atoms with Crippen LogP contribution in [-0.2, 0) is 13.0 Å². The summed E-state index contributed by atoms with van der Waals surface area (Å²) in [5.41, 5.74) is 7.47. The van der Waals surface area contributed by atoms with E-state index in [0.717, 1.165) is 5.69 Å². The molecule has 8 heteroatoms. The first-order chi connectivity index (χ1) is 9.08. The molecule has 0 spiro atoms. The molecule has 0 fully saturated rings. The lowest BCUT2D eigenvalue weighted by Gasteiger charge is -2.06. The molecule has 0 saturated carbocycles. The molecule has 2 rings (SSSR count). The Kier molecular flexibility index (Phi) is 3.77. The van der Waals surface area contributed by atoms with Crippen LogP contribution >= 0.6 is 11.6 Å². The van der Waals surface area contributed by atoms with E-state index in [0.29, 0.717) is 17.8 Å². The Balaban J connectivity index is 2.56. The first-order valence-electron chi connectivity index (χ1n) is 5.66. The fraction of sp³-hybridized carbons (Fsp3) is 0.273. The number of aromatic nitrogens is 3. The van der Waals surface area contributed by atoms with E-state index in [1.807, 2.05) is 6.92 Å². The number of rotatable bonds is 4. The number of nitrogens with two attached hydrogens (primary N) is 1. The molecule has 0 saturated heterocycles. The number of halogens is 1. The summed E-state index contributed by atoms with van der Waals surface area (Å²) in [6.45, 7) is 2.22. The summed E-state index contributed by atoms with van der Waals surface area (Å²) in [4.78, 5) is 10.3. The lowest BCUT2D eigenvalue weighted by molar-refractivity contribution is -0.384. The van der Waals surface area contributed by atoms with Crippen molar-refractivity contribution in [1.29, 1.82) is 0 Å². The van der Waals surface area contributed by atoms with Gasteiger partial charge in [0.15, 0.2) is 0 Å². The Morgan fingerprint density at radius 2 is 2.26 bits per heavy atom. The lowest BCUT2D eigenvalue weighted by atomic mass is 10.2. The van der Waals surface area contributed by atoms with Crippen molar-refractivity contribution in [3.63, 3.8) is 0 Å². The van der Waals surface area contributed by atoms with Crippen LogP contribution in [0.2, 0.25) is 5.02 Å². The molecule has 1 heterocycles. The second kappa shape index (κ2) is 5.33. The summed E-state index contributed by atoms with van der Waals surface area (Å²) in [5.74, 6) is 0. The number of hydrogen-bond acceptors (Lipinski definition) is 5. The van der Waals surface area contributed by atoms with Crippen molar-refractivity contribution < 1.29 is 4.92 Å². The Morgan fingerprint density at radius 3 is 2.84 bits per heavy atom. The third kappa shape index (κ3) is 2.42. The highest BCUT2D eigenvalue weighted by molar-refractivity contribution is 6.32. The van der Waals surface area contributed by atoms with E-state index in [2.05, 4.69) is 10.3 Å². The van der Waals surface area contributed by atoms with Crippen LogP contribution in [0, 0.1) is 10.1 Å². The van der Waals surface area contributed by atoms with E-state index in [1.165, 1.54) is 12.1 Å². The van der Waals surface area contributed by atoms with E-state index >= 15 is 0 Å². The molecule has 0 aliphatic carbocycles. The van der Waals surface area contributed by atoms with Crippen LogP contribution in [0.1, 0.15) is 18.3 Å². The molecular formula is C11H12ClN5O2. The van der Waals surface area contributed by atoms with Crippen molar-refractivity contribution in [2.24, 2.45) is 5.73 Å². The zero-order valence-electron chi connectivity index (χ0n) is 10.2. The van der Waals surface area contributed by atoms with Gasteiger partial charge in [-0.25, -0.2) is 4.68 Å². The molecule has 1 aromatic carbocycles. The number of nitro benzene ring substituents is 1. The van der Waals surface area contributed by atoms with E-state index in [1.54, 1.807) is 10.7 Å². The third-order valence-corrected chi connectivity index (χ3v) is 3.06. The highest BCUT2D eigenvalue weighted by Crippen LogP contribution is 2.27. The van der Waals surface area contributed by atoms with Crippen LogP contribution < -0.4 is 5.73 Å². The fourth-order valence-electron chi connectivity index (χ4n) is 1.83. The van der Waals surface area contributed by atoms with Crippen LogP contribution in [0.15, 0.2) is 18.2 Å². The van der Waals surface area contributed by atoms with Gasteiger partial charge in [0, 0.05) is 12.6 Å². The van der Waals surface area contributed by atoms with Crippen LogP contribution in [0.5, 0.6) is 0 Å². The van der Waals surface area contributed by atoms with Gasteiger partial charge >= 0.3 is 0 Å². The van der Waals surface area contributed by atoms with Crippen molar-refractivity contribution in [2.45, 2.75) is 19.9 Å². The quantitative estimate of drug-likeness (QED) is 0.681. The van der Waals surface area contributed by atoms with Crippen LogP contribution in [0.3, 0.4) is 0 Å². The van der Waals surface area contributed by atoms with Gasteiger partial charge in [-0.15, -0.1) is 5.10 Å². The van der Waals surface area contributed by atoms with Crippen molar-refractivity contribution in [2.75, 3.05) is 0 Å². The highest BCUT2D eigenvalue weighted by Gasteiger charge is 2.17. The maximum atomic E-state index is 10.9. The van der Waals surface area contributed by atoms with Crippen molar-refractivity contribution in [3.8, 4) is 5.69 Å². The first-order valence-corrected chi connectivity index (χ1v) is 6.04. The summed E-state index contributed by atoms with van der Waals surface area (Å²) < 4.78 is 1.55. The molecule has 2 aromatic rings. The van der Waals surface area contributed by atoms with Crippen molar-refractivity contribution in [3.05, 3.63) is 44.7 Å². The Labute approximate surface area is 114 Å². The van der Waals surface area contributed by atoms with Gasteiger partial charge in [-0.1, -0.05) is 23.7 Å². The van der Waals surface area contributed by atoms with Gasteiger partial charge in [-0.2, -0.15) is 0 Å². The molecule has 100 valence electrons. The van der Waals surface area contributed by atoms with E-state index in [-0.39, 0.29) is 17.3 Å². The minimum atomic E-state index is -0.530. The van der Waals surface area contributed by atoms with Gasteiger partial charge in [-0.3, -0.25) is 10.1 Å².